The molecule has 1 amide bonds. The summed E-state index contributed by atoms with van der Waals surface area (Å²) < 4.78 is 53.7. The molecule has 3 saturated heterocycles. The molecule has 0 unspecified atom stereocenters. The molecule has 0 radical (unpaired) electrons. The molecule has 3 aliphatic heterocycles. The van der Waals surface area contributed by atoms with Gasteiger partial charge in [0, 0.05) is 50.1 Å². The zero-order valence-corrected chi connectivity index (χ0v) is 41.9. The van der Waals surface area contributed by atoms with Crippen molar-refractivity contribution >= 4 is 41.7 Å². The second-order valence-corrected chi connectivity index (χ2v) is 26.9. The number of piperazine rings is 1. The van der Waals surface area contributed by atoms with Gasteiger partial charge in [-0.25, -0.2) is 23.5 Å². The third-order valence-electron chi connectivity index (χ3n) is 14.8. The minimum Gasteiger partial charge on any atom is -0.468 e. The largest absolute Gasteiger partial charge is 0.468 e. The molecule has 67 heavy (non-hydrogen) atoms. The van der Waals surface area contributed by atoms with E-state index in [1.807, 2.05) is 37.9 Å². The maximum absolute atomic E-state index is 18.1. The summed E-state index contributed by atoms with van der Waals surface area (Å²) in [6, 6.07) is 8.25. The maximum atomic E-state index is 18.1. The van der Waals surface area contributed by atoms with E-state index in [4.69, 9.17) is 34.3 Å². The van der Waals surface area contributed by atoms with E-state index in [0.29, 0.717) is 68.7 Å². The Hall–Kier alpha value is -5.17. The molecular weight excluding hydrogens is 867 g/mol. The molecule has 0 spiro atoms. The molecular formula is C52H66F2N8O4Si. The molecule has 2 aromatic carbocycles. The molecule has 4 aliphatic rings. The van der Waals surface area contributed by atoms with Crippen molar-refractivity contribution in [3.8, 4) is 40.0 Å². The Morgan fingerprint density at radius 2 is 1.64 bits per heavy atom. The molecule has 1 aliphatic carbocycles. The zero-order chi connectivity index (χ0) is 47.6. The summed E-state index contributed by atoms with van der Waals surface area (Å²) in [5.41, 5.74) is 5.03. The molecule has 6 heterocycles. The van der Waals surface area contributed by atoms with Crippen LogP contribution in [0.3, 0.4) is 0 Å². The van der Waals surface area contributed by atoms with E-state index in [0.717, 1.165) is 45.3 Å². The van der Waals surface area contributed by atoms with Crippen molar-refractivity contribution < 1.29 is 27.8 Å². The van der Waals surface area contributed by atoms with E-state index in [1.54, 1.807) is 24.4 Å². The van der Waals surface area contributed by atoms with Gasteiger partial charge in [0.05, 0.1) is 28.6 Å². The highest BCUT2D eigenvalue weighted by Crippen LogP contribution is 2.46. The van der Waals surface area contributed by atoms with E-state index in [-0.39, 0.29) is 53.1 Å². The molecule has 12 nitrogen and oxygen atoms in total. The number of nitrogens with zero attached hydrogens (tertiary/aromatic N) is 8. The van der Waals surface area contributed by atoms with Gasteiger partial charge >= 0.3 is 6.09 Å². The second kappa shape index (κ2) is 18.0. The number of hydrogen-bond acceptors (Lipinski definition) is 10. The smallest absolute Gasteiger partial charge is 0.410 e. The summed E-state index contributed by atoms with van der Waals surface area (Å²) in [7, 11) is -0.786. The van der Waals surface area contributed by atoms with Gasteiger partial charge in [-0.3, -0.25) is 14.6 Å². The Labute approximate surface area is 394 Å². The number of halogens is 2. The number of carbonyl (C=O) groups is 1. The van der Waals surface area contributed by atoms with E-state index in [9.17, 15) is 4.79 Å². The highest BCUT2D eigenvalue weighted by atomic mass is 28.3. The summed E-state index contributed by atoms with van der Waals surface area (Å²) in [6.45, 7) is 23.0. The molecule has 2 bridgehead atoms. The van der Waals surface area contributed by atoms with Gasteiger partial charge in [-0.2, -0.15) is 5.10 Å². The first-order valence-corrected chi connectivity index (χ1v) is 26.5. The molecule has 5 aromatic rings. The van der Waals surface area contributed by atoms with Gasteiger partial charge < -0.3 is 24.0 Å². The predicted molar refractivity (Wildman–Crippen MR) is 262 cm³/mol. The first-order valence-electron chi connectivity index (χ1n) is 24.3. The lowest BCUT2D eigenvalue weighted by Gasteiger charge is -2.42. The summed E-state index contributed by atoms with van der Waals surface area (Å²) >= 11 is 0. The summed E-state index contributed by atoms with van der Waals surface area (Å²) in [6.07, 6.45) is 9.41. The fourth-order valence-electron chi connectivity index (χ4n) is 11.5. The molecule has 1 saturated carbocycles. The second-order valence-electron chi connectivity index (χ2n) is 21.3. The normalized spacial score (nSPS) is 19.6. The van der Waals surface area contributed by atoms with Gasteiger partial charge in [-0.1, -0.05) is 53.5 Å². The van der Waals surface area contributed by atoms with E-state index in [1.165, 1.54) is 26.0 Å². The number of hydrogen-bond donors (Lipinski definition) is 0. The van der Waals surface area contributed by atoms with Crippen LogP contribution in [-0.4, -0.2) is 113 Å². The van der Waals surface area contributed by atoms with Gasteiger partial charge in [0.25, 0.3) is 0 Å². The summed E-state index contributed by atoms with van der Waals surface area (Å²) in [4.78, 5) is 35.1. The topological polar surface area (TPSA) is 111 Å². The highest BCUT2D eigenvalue weighted by molar-refractivity contribution is 6.90. The summed E-state index contributed by atoms with van der Waals surface area (Å²) in [5.74, 6) is 3.40. The van der Waals surface area contributed by atoms with Crippen LogP contribution in [-0.2, 0) is 15.0 Å². The maximum Gasteiger partial charge on any atom is 0.410 e. The predicted octanol–water partition coefficient (Wildman–Crippen LogP) is 10.7. The number of ether oxygens (including phenoxy) is 3. The fourth-order valence-corrected chi connectivity index (χ4v) is 16.7. The number of fused-ring (bicyclic) bond motifs is 4. The van der Waals surface area contributed by atoms with Crippen molar-refractivity contribution in [3.63, 3.8) is 0 Å². The van der Waals surface area contributed by atoms with Crippen LogP contribution in [0.15, 0.2) is 42.7 Å². The number of methoxy groups -OCH3 is 1. The first-order chi connectivity index (χ1) is 31.9. The van der Waals surface area contributed by atoms with Gasteiger partial charge in [0.1, 0.15) is 48.0 Å². The standard InChI is InChI=1S/C52H66F2N8O4Si/c1-32(2)67(33(3)4,34(5)6)24-18-39-42(53)16-13-35-25-38(65-31-64-10)26-40(44(35)39)46-45(54)47-41(27-55-46)49(60-28-36-14-15-37(29-60)62(36)50(63)66-51(7,8)9)57-48(56-47)43-17-23-61(58-43)52(19-20-52)30-59-21-11-12-22-59/h13,16-17,23,25-27,32-34,36-37H,11-12,14-15,19-22,28-31H2,1-10H3/t36-,37+. The quantitative estimate of drug-likeness (QED) is 0.0681. The lowest BCUT2D eigenvalue weighted by molar-refractivity contribution is 0.0123. The number of pyridine rings is 1. The molecule has 9 rings (SSSR count). The van der Waals surface area contributed by atoms with E-state index < -0.39 is 25.3 Å². The third kappa shape index (κ3) is 8.78. The Kier molecular flexibility index (Phi) is 12.6. The van der Waals surface area contributed by atoms with Gasteiger partial charge in [0.15, 0.2) is 18.4 Å². The fraction of sp³-hybridized carbons (Fsp3) is 0.558. The Balaban J connectivity index is 1.21. The Morgan fingerprint density at radius 1 is 0.955 bits per heavy atom. The number of amides is 1. The molecule has 2 atom stereocenters. The van der Waals surface area contributed by atoms with Crippen LogP contribution in [0, 0.1) is 23.1 Å². The molecule has 4 fully saturated rings. The highest BCUT2D eigenvalue weighted by Gasteiger charge is 2.48. The van der Waals surface area contributed by atoms with Crippen molar-refractivity contribution in [2.45, 2.75) is 141 Å². The van der Waals surface area contributed by atoms with Crippen molar-refractivity contribution in [2.75, 3.05) is 51.5 Å². The van der Waals surface area contributed by atoms with Crippen molar-refractivity contribution in [1.29, 1.82) is 0 Å². The van der Waals surface area contributed by atoms with Gasteiger partial charge in [-0.15, -0.1) is 5.54 Å². The van der Waals surface area contributed by atoms with Crippen LogP contribution in [0.4, 0.5) is 19.4 Å². The number of anilines is 1. The van der Waals surface area contributed by atoms with Crippen LogP contribution in [0.1, 0.15) is 106 Å². The first kappa shape index (κ1) is 46.9. The van der Waals surface area contributed by atoms with Crippen molar-refractivity contribution in [1.82, 2.24) is 34.5 Å². The average Bonchev–Trinajstić information content (AvgIpc) is 3.55. The zero-order valence-electron chi connectivity index (χ0n) is 40.9. The lowest BCUT2D eigenvalue weighted by Crippen LogP contribution is -2.57. The van der Waals surface area contributed by atoms with Gasteiger partial charge in [0.2, 0.25) is 0 Å². The third-order valence-corrected chi connectivity index (χ3v) is 21.1. The molecule has 3 aromatic heterocycles. The monoisotopic (exact) mass is 932 g/mol. The molecule has 356 valence electrons. The van der Waals surface area contributed by atoms with Crippen LogP contribution in [0.2, 0.25) is 16.6 Å². The number of carbonyl (C=O) groups excluding carboxylic acids is 1. The Bertz CT molecular complexity index is 2710. The molecule has 15 heteroatoms. The SMILES string of the molecule is COCOc1cc(-c2ncc3c(N4C[C@H]5CC[C@@H](C4)N5C(=O)OC(C)(C)C)nc(-c4ccn(C5(CN6CCCC6)CC5)n4)nc3c2F)c2c(C#C[Si](C(C)C)(C(C)C)C(C)C)c(F)ccc2c1. The van der Waals surface area contributed by atoms with Crippen molar-refractivity contribution in [3.05, 3.63) is 59.9 Å². The van der Waals surface area contributed by atoms with Crippen LogP contribution < -0.4 is 9.64 Å². The number of likely N-dealkylation sites (tertiary alicyclic amines) is 1. The average molecular weight is 933 g/mol. The summed E-state index contributed by atoms with van der Waals surface area (Å²) in [5, 5.41) is 6.60. The minimum atomic E-state index is -2.32. The van der Waals surface area contributed by atoms with Crippen LogP contribution in [0.5, 0.6) is 5.75 Å². The Morgan fingerprint density at radius 3 is 2.27 bits per heavy atom. The number of aromatic nitrogens is 5. The van der Waals surface area contributed by atoms with Crippen molar-refractivity contribution in [2.24, 2.45) is 0 Å². The van der Waals surface area contributed by atoms with Crippen LogP contribution >= 0.6 is 0 Å². The molecule has 0 N–H and O–H groups in total. The van der Waals surface area contributed by atoms with E-state index in [2.05, 4.69) is 67.5 Å². The van der Waals surface area contributed by atoms with Crippen LogP contribution in [0.25, 0.3) is 44.5 Å². The number of rotatable bonds is 12. The lowest BCUT2D eigenvalue weighted by atomic mass is 9.95. The van der Waals surface area contributed by atoms with E-state index >= 15 is 8.78 Å². The van der Waals surface area contributed by atoms with Gasteiger partial charge in [-0.05, 0) is 119 Å². The number of benzene rings is 2. The minimum absolute atomic E-state index is 0.0207.